The SMILES string of the molecule is Nc1cccc(NC(=O)CS(=O)c2ccc(F)c(F)c2)c1. The number of carbonyl (C=O) groups is 1. The lowest BCUT2D eigenvalue weighted by Gasteiger charge is -2.06. The lowest BCUT2D eigenvalue weighted by Crippen LogP contribution is -2.19. The number of rotatable bonds is 4. The van der Waals surface area contributed by atoms with E-state index in [2.05, 4.69) is 5.32 Å². The van der Waals surface area contributed by atoms with Crippen molar-refractivity contribution in [1.29, 1.82) is 0 Å². The summed E-state index contributed by atoms with van der Waals surface area (Å²) < 4.78 is 37.7. The number of anilines is 2. The number of nitrogens with one attached hydrogen (secondary N) is 1. The van der Waals surface area contributed by atoms with E-state index in [1.165, 1.54) is 6.07 Å². The Labute approximate surface area is 122 Å². The fourth-order valence-electron chi connectivity index (χ4n) is 1.63. The molecule has 0 saturated carbocycles. The summed E-state index contributed by atoms with van der Waals surface area (Å²) in [6.45, 7) is 0. The molecule has 0 aromatic heterocycles. The normalized spacial score (nSPS) is 11.9. The fourth-order valence-corrected chi connectivity index (χ4v) is 2.57. The van der Waals surface area contributed by atoms with E-state index in [1.807, 2.05) is 0 Å². The third kappa shape index (κ3) is 4.09. The first-order valence-electron chi connectivity index (χ1n) is 5.94. The van der Waals surface area contributed by atoms with Crippen molar-refractivity contribution in [1.82, 2.24) is 0 Å². The summed E-state index contributed by atoms with van der Waals surface area (Å²) in [7, 11) is -1.76. The molecular formula is C14H12F2N2O2S. The maximum atomic E-state index is 13.0. The van der Waals surface area contributed by atoms with Gasteiger partial charge in [-0.15, -0.1) is 0 Å². The number of hydrogen-bond acceptors (Lipinski definition) is 3. The first kappa shape index (κ1) is 15.1. The van der Waals surface area contributed by atoms with Gasteiger partial charge in [-0.1, -0.05) is 6.07 Å². The lowest BCUT2D eigenvalue weighted by molar-refractivity contribution is -0.113. The van der Waals surface area contributed by atoms with Gasteiger partial charge in [0.1, 0.15) is 5.75 Å². The lowest BCUT2D eigenvalue weighted by atomic mass is 10.3. The van der Waals surface area contributed by atoms with Crippen molar-refractivity contribution in [3.63, 3.8) is 0 Å². The monoisotopic (exact) mass is 310 g/mol. The van der Waals surface area contributed by atoms with Crippen LogP contribution in [0.1, 0.15) is 0 Å². The number of halogens is 2. The van der Waals surface area contributed by atoms with Crippen LogP contribution >= 0.6 is 0 Å². The van der Waals surface area contributed by atoms with E-state index in [9.17, 15) is 17.8 Å². The van der Waals surface area contributed by atoms with E-state index in [0.29, 0.717) is 11.4 Å². The van der Waals surface area contributed by atoms with Gasteiger partial charge in [0, 0.05) is 16.3 Å². The van der Waals surface area contributed by atoms with Gasteiger partial charge < -0.3 is 11.1 Å². The molecule has 3 N–H and O–H groups in total. The summed E-state index contributed by atoms with van der Waals surface area (Å²) in [6, 6.07) is 9.39. The predicted molar refractivity (Wildman–Crippen MR) is 77.1 cm³/mol. The summed E-state index contributed by atoms with van der Waals surface area (Å²) in [4.78, 5) is 11.8. The van der Waals surface area contributed by atoms with Gasteiger partial charge in [0.05, 0.1) is 10.8 Å². The van der Waals surface area contributed by atoms with E-state index >= 15 is 0 Å². The molecular weight excluding hydrogens is 298 g/mol. The highest BCUT2D eigenvalue weighted by Crippen LogP contribution is 2.14. The second-order valence-corrected chi connectivity index (χ2v) is 5.69. The Morgan fingerprint density at radius 2 is 1.90 bits per heavy atom. The molecule has 110 valence electrons. The third-order valence-electron chi connectivity index (χ3n) is 2.59. The molecule has 2 aromatic carbocycles. The van der Waals surface area contributed by atoms with E-state index in [4.69, 9.17) is 5.73 Å². The van der Waals surface area contributed by atoms with Crippen molar-refractivity contribution in [2.75, 3.05) is 16.8 Å². The third-order valence-corrected chi connectivity index (χ3v) is 3.89. The minimum Gasteiger partial charge on any atom is -0.399 e. The summed E-state index contributed by atoms with van der Waals surface area (Å²) in [5, 5.41) is 2.53. The van der Waals surface area contributed by atoms with Crippen molar-refractivity contribution in [2.45, 2.75) is 4.90 Å². The van der Waals surface area contributed by atoms with Crippen LogP contribution in [-0.4, -0.2) is 15.9 Å². The molecule has 21 heavy (non-hydrogen) atoms. The average molecular weight is 310 g/mol. The van der Waals surface area contributed by atoms with Crippen LogP contribution in [0.3, 0.4) is 0 Å². The Bertz CT molecular complexity index is 707. The molecule has 2 aromatic rings. The Morgan fingerprint density at radius 3 is 2.57 bits per heavy atom. The quantitative estimate of drug-likeness (QED) is 0.851. The summed E-state index contributed by atoms with van der Waals surface area (Å²) >= 11 is 0. The number of nitrogens with two attached hydrogens (primary N) is 1. The highest BCUT2D eigenvalue weighted by Gasteiger charge is 2.13. The first-order valence-corrected chi connectivity index (χ1v) is 7.26. The predicted octanol–water partition coefficient (Wildman–Crippen LogP) is 2.29. The van der Waals surface area contributed by atoms with Gasteiger partial charge in [-0.25, -0.2) is 8.78 Å². The maximum Gasteiger partial charge on any atom is 0.237 e. The molecule has 7 heteroatoms. The molecule has 0 heterocycles. The standard InChI is InChI=1S/C14H12F2N2O2S/c15-12-5-4-11(7-13(12)16)21(20)8-14(19)18-10-3-1-2-9(17)6-10/h1-7H,8,17H2,(H,18,19). The minimum absolute atomic E-state index is 0.0524. The zero-order chi connectivity index (χ0) is 15.4. The highest BCUT2D eigenvalue weighted by atomic mass is 32.2. The van der Waals surface area contributed by atoms with Crippen LogP contribution in [0.5, 0.6) is 0 Å². The summed E-state index contributed by atoms with van der Waals surface area (Å²) in [5.74, 6) is -3.00. The van der Waals surface area contributed by atoms with Crippen LogP contribution in [0, 0.1) is 11.6 Å². The summed E-state index contributed by atoms with van der Waals surface area (Å²) in [5.41, 5.74) is 6.52. The fraction of sp³-hybridized carbons (Fsp3) is 0.0714. The molecule has 4 nitrogen and oxygen atoms in total. The Balaban J connectivity index is 2.02. The molecule has 0 saturated heterocycles. The molecule has 1 atom stereocenters. The van der Waals surface area contributed by atoms with Crippen molar-refractivity contribution in [3.05, 3.63) is 54.1 Å². The van der Waals surface area contributed by atoms with Crippen LogP contribution in [-0.2, 0) is 15.6 Å². The number of nitrogen functional groups attached to an aromatic ring is 1. The van der Waals surface area contributed by atoms with E-state index in [1.54, 1.807) is 24.3 Å². The van der Waals surface area contributed by atoms with Crippen LogP contribution in [0.4, 0.5) is 20.2 Å². The molecule has 0 radical (unpaired) electrons. The zero-order valence-corrected chi connectivity index (χ0v) is 11.6. The minimum atomic E-state index is -1.76. The Hall–Kier alpha value is -2.28. The van der Waals surface area contributed by atoms with Crippen molar-refractivity contribution < 1.29 is 17.8 Å². The number of amides is 1. The molecule has 0 fully saturated rings. The molecule has 1 unspecified atom stereocenters. The highest BCUT2D eigenvalue weighted by molar-refractivity contribution is 7.85. The Morgan fingerprint density at radius 1 is 1.14 bits per heavy atom. The van der Waals surface area contributed by atoms with Crippen molar-refractivity contribution in [3.8, 4) is 0 Å². The summed E-state index contributed by atoms with van der Waals surface area (Å²) in [6.07, 6.45) is 0. The number of carbonyl (C=O) groups excluding carboxylic acids is 1. The van der Waals surface area contributed by atoms with Gasteiger partial charge in [-0.3, -0.25) is 9.00 Å². The van der Waals surface area contributed by atoms with Crippen LogP contribution in [0.2, 0.25) is 0 Å². The van der Waals surface area contributed by atoms with Gasteiger partial charge in [0.25, 0.3) is 0 Å². The maximum absolute atomic E-state index is 13.0. The smallest absolute Gasteiger partial charge is 0.237 e. The van der Waals surface area contributed by atoms with E-state index in [-0.39, 0.29) is 10.6 Å². The van der Waals surface area contributed by atoms with Gasteiger partial charge >= 0.3 is 0 Å². The van der Waals surface area contributed by atoms with E-state index in [0.717, 1.165) is 12.1 Å². The molecule has 0 bridgehead atoms. The molecule has 0 aliphatic carbocycles. The van der Waals surface area contributed by atoms with E-state index < -0.39 is 28.3 Å². The molecule has 0 spiro atoms. The molecule has 0 aliphatic rings. The first-order chi connectivity index (χ1) is 9.95. The molecule has 0 aliphatic heterocycles. The number of benzene rings is 2. The molecule has 1 amide bonds. The zero-order valence-electron chi connectivity index (χ0n) is 10.8. The van der Waals surface area contributed by atoms with Crippen LogP contribution < -0.4 is 11.1 Å². The van der Waals surface area contributed by atoms with Crippen molar-refractivity contribution >= 4 is 28.1 Å². The largest absolute Gasteiger partial charge is 0.399 e. The van der Waals surface area contributed by atoms with Gasteiger partial charge in [-0.05, 0) is 36.4 Å². The topological polar surface area (TPSA) is 72.2 Å². The van der Waals surface area contributed by atoms with Crippen molar-refractivity contribution in [2.24, 2.45) is 0 Å². The van der Waals surface area contributed by atoms with Crippen LogP contribution in [0.25, 0.3) is 0 Å². The second kappa shape index (κ2) is 6.45. The average Bonchev–Trinajstić information content (AvgIpc) is 2.41. The van der Waals surface area contributed by atoms with Gasteiger partial charge in [0.15, 0.2) is 11.6 Å². The second-order valence-electron chi connectivity index (χ2n) is 4.24. The van der Waals surface area contributed by atoms with Crippen LogP contribution in [0.15, 0.2) is 47.4 Å². The van der Waals surface area contributed by atoms with Gasteiger partial charge in [0.2, 0.25) is 5.91 Å². The number of hydrogen-bond donors (Lipinski definition) is 2. The molecule has 2 rings (SSSR count). The Kier molecular flexibility index (Phi) is 4.64. The van der Waals surface area contributed by atoms with Gasteiger partial charge in [-0.2, -0.15) is 0 Å².